The monoisotopic (exact) mass is 310 g/mol. The van der Waals surface area contributed by atoms with E-state index < -0.39 is 0 Å². The van der Waals surface area contributed by atoms with Crippen LogP contribution in [0.15, 0.2) is 42.5 Å². The maximum atomic E-state index is 12.1. The molecule has 0 aliphatic carbocycles. The largest absolute Gasteiger partial charge is 0.356 e. The molecule has 1 heterocycles. The quantitative estimate of drug-likeness (QED) is 0.915. The van der Waals surface area contributed by atoms with Crippen molar-refractivity contribution in [2.75, 3.05) is 19.6 Å². The Balaban J connectivity index is 1.59. The van der Waals surface area contributed by atoms with E-state index in [9.17, 15) is 4.79 Å². The first-order valence-electron chi connectivity index (χ1n) is 8.74. The molecule has 23 heavy (non-hydrogen) atoms. The maximum Gasteiger partial charge on any atom is 0.223 e. The van der Waals surface area contributed by atoms with Gasteiger partial charge in [-0.2, -0.15) is 0 Å². The lowest BCUT2D eigenvalue weighted by Crippen LogP contribution is -2.40. The van der Waals surface area contributed by atoms with Crippen molar-refractivity contribution in [1.29, 1.82) is 0 Å². The molecule has 1 fully saturated rings. The summed E-state index contributed by atoms with van der Waals surface area (Å²) in [6.07, 6.45) is 2.95. The average molecular weight is 310 g/mol. The van der Waals surface area contributed by atoms with Gasteiger partial charge in [-0.1, -0.05) is 49.4 Å². The van der Waals surface area contributed by atoms with Crippen molar-refractivity contribution in [3.05, 3.63) is 48.0 Å². The van der Waals surface area contributed by atoms with Crippen LogP contribution in [0.3, 0.4) is 0 Å². The van der Waals surface area contributed by atoms with Gasteiger partial charge in [0.25, 0.3) is 0 Å². The number of amides is 1. The predicted molar refractivity (Wildman–Crippen MR) is 95.2 cm³/mol. The van der Waals surface area contributed by atoms with Crippen molar-refractivity contribution in [3.63, 3.8) is 0 Å². The SMILES string of the molecule is CCCNC(=O)C1CCN(Cc2cccc3ccccc23)CC1. The molecule has 2 aromatic carbocycles. The van der Waals surface area contributed by atoms with Gasteiger partial charge in [-0.15, -0.1) is 0 Å². The van der Waals surface area contributed by atoms with Crippen LogP contribution in [-0.4, -0.2) is 30.4 Å². The minimum absolute atomic E-state index is 0.199. The Morgan fingerprint density at radius 1 is 1.13 bits per heavy atom. The van der Waals surface area contributed by atoms with Gasteiger partial charge in [-0.3, -0.25) is 9.69 Å². The van der Waals surface area contributed by atoms with Crippen LogP contribution in [0.4, 0.5) is 0 Å². The number of hydrogen-bond acceptors (Lipinski definition) is 2. The highest BCUT2D eigenvalue weighted by atomic mass is 16.1. The van der Waals surface area contributed by atoms with Crippen molar-refractivity contribution in [2.24, 2.45) is 5.92 Å². The molecule has 1 aliphatic heterocycles. The Morgan fingerprint density at radius 3 is 2.65 bits per heavy atom. The van der Waals surface area contributed by atoms with Gasteiger partial charge < -0.3 is 5.32 Å². The molecule has 0 aromatic heterocycles. The summed E-state index contributed by atoms with van der Waals surface area (Å²) < 4.78 is 0. The Kier molecular flexibility index (Phi) is 5.29. The number of rotatable bonds is 5. The van der Waals surface area contributed by atoms with Gasteiger partial charge in [-0.25, -0.2) is 0 Å². The molecule has 1 amide bonds. The van der Waals surface area contributed by atoms with Crippen LogP contribution in [-0.2, 0) is 11.3 Å². The van der Waals surface area contributed by atoms with Crippen LogP contribution >= 0.6 is 0 Å². The maximum absolute atomic E-state index is 12.1. The molecule has 0 bridgehead atoms. The number of likely N-dealkylation sites (tertiary alicyclic amines) is 1. The third-order valence-electron chi connectivity index (χ3n) is 4.78. The van der Waals surface area contributed by atoms with E-state index in [1.165, 1.54) is 16.3 Å². The first-order valence-corrected chi connectivity index (χ1v) is 8.74. The molecule has 3 nitrogen and oxygen atoms in total. The van der Waals surface area contributed by atoms with E-state index in [1.54, 1.807) is 0 Å². The van der Waals surface area contributed by atoms with E-state index in [1.807, 2.05) is 0 Å². The zero-order chi connectivity index (χ0) is 16.1. The second-order valence-electron chi connectivity index (χ2n) is 6.48. The number of nitrogens with zero attached hydrogens (tertiary/aromatic N) is 1. The highest BCUT2D eigenvalue weighted by Gasteiger charge is 2.24. The lowest BCUT2D eigenvalue weighted by Gasteiger charge is -2.31. The van der Waals surface area contributed by atoms with Crippen molar-refractivity contribution in [3.8, 4) is 0 Å². The Hall–Kier alpha value is -1.87. The van der Waals surface area contributed by atoms with E-state index in [-0.39, 0.29) is 11.8 Å². The molecule has 3 rings (SSSR count). The summed E-state index contributed by atoms with van der Waals surface area (Å²) in [7, 11) is 0. The van der Waals surface area contributed by atoms with Crippen molar-refractivity contribution < 1.29 is 4.79 Å². The van der Waals surface area contributed by atoms with Gasteiger partial charge >= 0.3 is 0 Å². The molecule has 3 heteroatoms. The van der Waals surface area contributed by atoms with Crippen molar-refractivity contribution in [1.82, 2.24) is 10.2 Å². The summed E-state index contributed by atoms with van der Waals surface area (Å²) in [6, 6.07) is 15.1. The molecule has 0 radical (unpaired) electrons. The van der Waals surface area contributed by atoms with Gasteiger partial charge in [-0.05, 0) is 48.7 Å². The fourth-order valence-corrected chi connectivity index (χ4v) is 3.42. The Bertz CT molecular complexity index is 654. The van der Waals surface area contributed by atoms with E-state index in [4.69, 9.17) is 0 Å². The molecule has 0 spiro atoms. The Labute approximate surface area is 138 Å². The van der Waals surface area contributed by atoms with Crippen LogP contribution in [0, 0.1) is 5.92 Å². The van der Waals surface area contributed by atoms with Gasteiger partial charge in [0.1, 0.15) is 0 Å². The van der Waals surface area contributed by atoms with Crippen LogP contribution in [0.1, 0.15) is 31.7 Å². The molecule has 2 aromatic rings. The average Bonchev–Trinajstić information content (AvgIpc) is 2.60. The summed E-state index contributed by atoms with van der Waals surface area (Å²) in [5.74, 6) is 0.446. The van der Waals surface area contributed by atoms with Gasteiger partial charge in [0, 0.05) is 19.0 Å². The number of carbonyl (C=O) groups is 1. The van der Waals surface area contributed by atoms with Crippen LogP contribution in [0.5, 0.6) is 0 Å². The van der Waals surface area contributed by atoms with Gasteiger partial charge in [0.15, 0.2) is 0 Å². The van der Waals surface area contributed by atoms with Gasteiger partial charge in [0.2, 0.25) is 5.91 Å². The first kappa shape index (κ1) is 16.0. The third-order valence-corrected chi connectivity index (χ3v) is 4.78. The smallest absolute Gasteiger partial charge is 0.223 e. The van der Waals surface area contributed by atoms with E-state index in [2.05, 4.69) is 59.6 Å². The molecule has 122 valence electrons. The Morgan fingerprint density at radius 2 is 1.87 bits per heavy atom. The molecule has 0 saturated carbocycles. The zero-order valence-corrected chi connectivity index (χ0v) is 13.9. The van der Waals surface area contributed by atoms with Crippen LogP contribution in [0.25, 0.3) is 10.8 Å². The molecule has 1 saturated heterocycles. The molecular weight excluding hydrogens is 284 g/mol. The fraction of sp³-hybridized carbons (Fsp3) is 0.450. The van der Waals surface area contributed by atoms with E-state index in [0.29, 0.717) is 0 Å². The molecule has 1 aliphatic rings. The first-order chi connectivity index (χ1) is 11.3. The lowest BCUT2D eigenvalue weighted by molar-refractivity contribution is -0.126. The summed E-state index contributed by atoms with van der Waals surface area (Å²) in [4.78, 5) is 14.5. The summed E-state index contributed by atoms with van der Waals surface area (Å²) in [5, 5.41) is 5.68. The van der Waals surface area contributed by atoms with E-state index >= 15 is 0 Å². The number of fused-ring (bicyclic) bond motifs is 1. The standard InChI is InChI=1S/C20H26N2O/c1-2-12-21-20(23)17-10-13-22(14-11-17)15-18-8-5-7-16-6-3-4-9-19(16)18/h3-9,17H,2,10-15H2,1H3,(H,21,23). The third kappa shape index (κ3) is 3.91. The molecule has 0 atom stereocenters. The minimum atomic E-state index is 0.199. The summed E-state index contributed by atoms with van der Waals surface area (Å²) in [5.41, 5.74) is 1.39. The predicted octanol–water partition coefficient (Wildman–Crippen LogP) is 3.58. The second kappa shape index (κ2) is 7.60. The number of benzene rings is 2. The van der Waals surface area contributed by atoms with E-state index in [0.717, 1.165) is 45.4 Å². The highest BCUT2D eigenvalue weighted by molar-refractivity contribution is 5.85. The number of piperidine rings is 1. The lowest BCUT2D eigenvalue weighted by atomic mass is 9.95. The van der Waals surface area contributed by atoms with Crippen LogP contribution < -0.4 is 5.32 Å². The topological polar surface area (TPSA) is 32.3 Å². The molecule has 1 N–H and O–H groups in total. The molecule has 0 unspecified atom stereocenters. The minimum Gasteiger partial charge on any atom is -0.356 e. The zero-order valence-electron chi connectivity index (χ0n) is 13.9. The number of nitrogens with one attached hydrogen (secondary N) is 1. The van der Waals surface area contributed by atoms with Gasteiger partial charge in [0.05, 0.1) is 0 Å². The summed E-state index contributed by atoms with van der Waals surface area (Å²) in [6.45, 7) is 5.88. The summed E-state index contributed by atoms with van der Waals surface area (Å²) >= 11 is 0. The number of carbonyl (C=O) groups excluding carboxylic acids is 1. The fourth-order valence-electron chi connectivity index (χ4n) is 3.42. The number of hydrogen-bond donors (Lipinski definition) is 1. The van der Waals surface area contributed by atoms with Crippen molar-refractivity contribution >= 4 is 16.7 Å². The second-order valence-corrected chi connectivity index (χ2v) is 6.48. The normalized spacial score (nSPS) is 16.6. The van der Waals surface area contributed by atoms with Crippen LogP contribution in [0.2, 0.25) is 0 Å². The van der Waals surface area contributed by atoms with Crippen molar-refractivity contribution in [2.45, 2.75) is 32.7 Å². The molecular formula is C20H26N2O. The highest BCUT2D eigenvalue weighted by Crippen LogP contribution is 2.23.